The summed E-state index contributed by atoms with van der Waals surface area (Å²) in [6.45, 7) is 3.73. The molecule has 6 unspecified atom stereocenters. The molecule has 0 radical (unpaired) electrons. The number of aliphatic hydroxyl groups excluding tert-OH is 3. The summed E-state index contributed by atoms with van der Waals surface area (Å²) in [6, 6.07) is 0. The molecule has 1 rings (SSSR count). The molecule has 1 saturated heterocycles. The summed E-state index contributed by atoms with van der Waals surface area (Å²) in [6.07, 6.45) is 27.1. The highest BCUT2D eigenvalue weighted by Crippen LogP contribution is 2.26. The summed E-state index contributed by atoms with van der Waals surface area (Å²) in [5.41, 5.74) is 0. The van der Waals surface area contributed by atoms with Crippen LogP contribution in [0.25, 0.3) is 0 Å². The maximum Gasteiger partial charge on any atom is 0.397 e. The third kappa shape index (κ3) is 24.9. The monoisotopic (exact) mass is 758 g/mol. The zero-order valence-electron chi connectivity index (χ0n) is 31.3. The van der Waals surface area contributed by atoms with Gasteiger partial charge in [0.05, 0.1) is 19.8 Å². The first-order chi connectivity index (χ1) is 25.1. The molecular formula is C39H66O12S. The van der Waals surface area contributed by atoms with E-state index in [-0.39, 0.29) is 19.6 Å². The lowest BCUT2D eigenvalue weighted by molar-refractivity contribution is -0.301. The second kappa shape index (κ2) is 31.2. The third-order valence-corrected chi connectivity index (χ3v) is 8.62. The third-order valence-electron chi connectivity index (χ3n) is 8.15. The van der Waals surface area contributed by atoms with Crippen LogP contribution in [0.4, 0.5) is 0 Å². The van der Waals surface area contributed by atoms with Crippen molar-refractivity contribution in [2.24, 2.45) is 0 Å². The number of allylic oxidation sites excluding steroid dienone is 10. The van der Waals surface area contributed by atoms with Gasteiger partial charge < -0.3 is 34.3 Å². The Balaban J connectivity index is 2.54. The van der Waals surface area contributed by atoms with Gasteiger partial charge in [-0.25, -0.2) is 4.18 Å². The lowest BCUT2D eigenvalue weighted by Gasteiger charge is -2.41. The van der Waals surface area contributed by atoms with Crippen LogP contribution in [0, 0.1) is 0 Å². The fourth-order valence-electron chi connectivity index (χ4n) is 5.29. The quantitative estimate of drug-likeness (QED) is 0.0258. The molecule has 0 bridgehead atoms. The minimum absolute atomic E-state index is 0.0107. The number of unbranched alkanes of at least 4 members (excludes halogenated alkanes) is 8. The normalized spacial score (nSPS) is 22.2. The number of aliphatic hydroxyl groups is 3. The maximum atomic E-state index is 12.7. The Bertz CT molecular complexity index is 1150. The highest BCUT2D eigenvalue weighted by atomic mass is 32.3. The van der Waals surface area contributed by atoms with E-state index in [4.69, 9.17) is 23.5 Å². The van der Waals surface area contributed by atoms with Crippen molar-refractivity contribution in [1.29, 1.82) is 0 Å². The van der Waals surface area contributed by atoms with Crippen molar-refractivity contribution >= 4 is 16.4 Å². The molecule has 1 aliphatic rings. The maximum absolute atomic E-state index is 12.7. The van der Waals surface area contributed by atoms with Crippen LogP contribution in [0.15, 0.2) is 60.8 Å². The minimum atomic E-state index is -5.06. The molecule has 4 N–H and O–H groups in total. The standard InChI is InChI=1S/C39H66O12S/c1-3-5-7-9-11-13-14-15-16-17-18-19-20-21-22-24-26-28-35(41)49-33(31-47-29-27-25-23-12-10-8-6-4-2)32-48-39-37(43)38(51-52(44,45)46)36(42)34(30-40)50-39/h5,7,11,13,15-16,18-19,21-22,33-34,36-40,42-43H,3-4,6,8-10,12,14,17,20,23-32H2,1-2H3,(H,44,45,46)/b7-5-,13-11-,16-15-,19-18-,22-21-. The van der Waals surface area contributed by atoms with Gasteiger partial charge in [-0.3, -0.25) is 9.35 Å². The van der Waals surface area contributed by atoms with Gasteiger partial charge in [0, 0.05) is 13.0 Å². The first-order valence-electron chi connectivity index (χ1n) is 19.0. The Morgan fingerprint density at radius 1 is 0.750 bits per heavy atom. The molecule has 0 spiro atoms. The second-order valence-electron chi connectivity index (χ2n) is 12.8. The largest absolute Gasteiger partial charge is 0.457 e. The topological polar surface area (TPSA) is 178 Å². The molecule has 0 saturated carbocycles. The van der Waals surface area contributed by atoms with E-state index in [9.17, 15) is 28.5 Å². The summed E-state index contributed by atoms with van der Waals surface area (Å²) in [5.74, 6) is -0.460. The Hall–Kier alpha value is -2.20. The Morgan fingerprint density at radius 2 is 1.31 bits per heavy atom. The predicted molar refractivity (Wildman–Crippen MR) is 202 cm³/mol. The van der Waals surface area contributed by atoms with E-state index in [0.29, 0.717) is 19.4 Å². The molecule has 1 aliphatic heterocycles. The van der Waals surface area contributed by atoms with Crippen molar-refractivity contribution in [3.63, 3.8) is 0 Å². The number of esters is 1. The summed E-state index contributed by atoms with van der Waals surface area (Å²) >= 11 is 0. The molecule has 0 amide bonds. The number of carbonyl (C=O) groups excluding carboxylic acids is 1. The van der Waals surface area contributed by atoms with Crippen molar-refractivity contribution < 1.29 is 56.2 Å². The number of ether oxygens (including phenoxy) is 4. The van der Waals surface area contributed by atoms with Crippen molar-refractivity contribution in [1.82, 2.24) is 0 Å². The van der Waals surface area contributed by atoms with E-state index in [0.717, 1.165) is 51.4 Å². The lowest BCUT2D eigenvalue weighted by Crippen LogP contribution is -2.60. The molecular weight excluding hydrogens is 692 g/mol. The van der Waals surface area contributed by atoms with Crippen LogP contribution in [0.3, 0.4) is 0 Å². The Kier molecular flexibility index (Phi) is 28.7. The van der Waals surface area contributed by atoms with Crippen LogP contribution in [-0.2, 0) is 38.3 Å². The van der Waals surface area contributed by atoms with Gasteiger partial charge in [0.2, 0.25) is 0 Å². The molecule has 0 aliphatic carbocycles. The van der Waals surface area contributed by atoms with E-state index >= 15 is 0 Å². The highest BCUT2D eigenvalue weighted by Gasteiger charge is 2.48. The molecule has 0 aromatic heterocycles. The highest BCUT2D eigenvalue weighted by molar-refractivity contribution is 7.80. The van der Waals surface area contributed by atoms with Crippen molar-refractivity contribution in [3.05, 3.63) is 60.8 Å². The molecule has 0 aromatic carbocycles. The lowest BCUT2D eigenvalue weighted by atomic mass is 9.99. The number of carbonyl (C=O) groups is 1. The molecule has 300 valence electrons. The van der Waals surface area contributed by atoms with Crippen molar-refractivity contribution in [3.8, 4) is 0 Å². The van der Waals surface area contributed by atoms with Gasteiger partial charge in [-0.15, -0.1) is 0 Å². The minimum Gasteiger partial charge on any atom is -0.457 e. The molecule has 12 nitrogen and oxygen atoms in total. The van der Waals surface area contributed by atoms with Gasteiger partial charge in [-0.1, -0.05) is 120 Å². The van der Waals surface area contributed by atoms with Gasteiger partial charge in [0.25, 0.3) is 0 Å². The van der Waals surface area contributed by atoms with Crippen LogP contribution in [0.5, 0.6) is 0 Å². The van der Waals surface area contributed by atoms with Crippen molar-refractivity contribution in [2.75, 3.05) is 26.4 Å². The van der Waals surface area contributed by atoms with Gasteiger partial charge >= 0.3 is 16.4 Å². The van der Waals surface area contributed by atoms with E-state index in [2.05, 4.69) is 72.7 Å². The molecule has 1 heterocycles. The SMILES string of the molecule is CC/C=C\C/C=C\C/C=C\C/C=C\C/C=C\CCCC(=O)OC(COCCCCCCCCCC)COC1OC(CO)C(O)C(OS(=O)(=O)O)C1O. The molecule has 1 fully saturated rings. The first kappa shape index (κ1) is 47.8. The van der Waals surface area contributed by atoms with Gasteiger partial charge in [0.1, 0.15) is 30.5 Å². The fraction of sp³-hybridized carbons (Fsp3) is 0.718. The Morgan fingerprint density at radius 3 is 1.87 bits per heavy atom. The summed E-state index contributed by atoms with van der Waals surface area (Å²) in [5, 5.41) is 30.5. The molecule has 52 heavy (non-hydrogen) atoms. The van der Waals surface area contributed by atoms with E-state index in [1.165, 1.54) is 32.1 Å². The van der Waals surface area contributed by atoms with Crippen LogP contribution < -0.4 is 0 Å². The number of rotatable bonds is 31. The molecule has 0 aromatic rings. The smallest absolute Gasteiger partial charge is 0.397 e. The van der Waals surface area contributed by atoms with E-state index in [1.54, 1.807) is 0 Å². The molecule has 13 heteroatoms. The van der Waals surface area contributed by atoms with Gasteiger partial charge in [0.15, 0.2) is 6.29 Å². The summed E-state index contributed by atoms with van der Waals surface area (Å²) in [4.78, 5) is 12.7. The van der Waals surface area contributed by atoms with Crippen LogP contribution >= 0.6 is 0 Å². The summed E-state index contributed by atoms with van der Waals surface area (Å²) in [7, 11) is -5.06. The van der Waals surface area contributed by atoms with E-state index < -0.39 is 59.8 Å². The average Bonchev–Trinajstić information content (AvgIpc) is 3.11. The van der Waals surface area contributed by atoms with Gasteiger partial charge in [-0.2, -0.15) is 8.42 Å². The number of hydrogen-bond donors (Lipinski definition) is 4. The van der Waals surface area contributed by atoms with Gasteiger partial charge in [-0.05, 0) is 51.4 Å². The Labute approximate surface area is 312 Å². The predicted octanol–water partition coefficient (Wildman–Crippen LogP) is 6.62. The molecule has 6 atom stereocenters. The van der Waals surface area contributed by atoms with Crippen LogP contribution in [0.1, 0.15) is 117 Å². The van der Waals surface area contributed by atoms with Crippen molar-refractivity contribution in [2.45, 2.75) is 153 Å². The summed E-state index contributed by atoms with van der Waals surface area (Å²) < 4.78 is 58.6. The first-order valence-corrected chi connectivity index (χ1v) is 20.4. The van der Waals surface area contributed by atoms with Crippen LogP contribution in [-0.4, -0.2) is 97.5 Å². The average molecular weight is 759 g/mol. The fourth-order valence-corrected chi connectivity index (χ4v) is 5.80. The second-order valence-corrected chi connectivity index (χ2v) is 13.8. The zero-order valence-corrected chi connectivity index (χ0v) is 32.2. The number of hydrogen-bond acceptors (Lipinski definition) is 11. The zero-order chi connectivity index (χ0) is 38.3. The van der Waals surface area contributed by atoms with Crippen LogP contribution in [0.2, 0.25) is 0 Å². The van der Waals surface area contributed by atoms with E-state index in [1.807, 2.05) is 6.08 Å².